The second-order valence-corrected chi connectivity index (χ2v) is 7.96. The van der Waals surface area contributed by atoms with Crippen LogP contribution in [0.2, 0.25) is 0 Å². The fraction of sp³-hybridized carbons (Fsp3) is 0.238. The summed E-state index contributed by atoms with van der Waals surface area (Å²) in [7, 11) is 1.63. The molecule has 7 nitrogen and oxygen atoms in total. The van der Waals surface area contributed by atoms with E-state index in [1.54, 1.807) is 26.2 Å². The standard InChI is InChI=1S/C21H19FN4O3S/c1-12-4-7-15(11-17(12)22)19-23-20(29-26-19)13(2)30-21-25-24-18(28-21)10-14-5-8-16(27-3)9-6-14/h4-9,11,13H,10H2,1-3H3. The molecule has 2 aromatic heterocycles. The van der Waals surface area contributed by atoms with Crippen LogP contribution in [0.1, 0.15) is 35.1 Å². The van der Waals surface area contributed by atoms with Gasteiger partial charge in [-0.05, 0) is 43.2 Å². The van der Waals surface area contributed by atoms with Crippen molar-refractivity contribution in [2.45, 2.75) is 30.7 Å². The van der Waals surface area contributed by atoms with E-state index in [0.29, 0.717) is 40.4 Å². The lowest BCUT2D eigenvalue weighted by Gasteiger charge is -2.02. The number of halogens is 1. The summed E-state index contributed by atoms with van der Waals surface area (Å²) >= 11 is 1.32. The number of rotatable bonds is 7. The van der Waals surface area contributed by atoms with Gasteiger partial charge in [-0.2, -0.15) is 4.98 Å². The van der Waals surface area contributed by atoms with Crippen LogP contribution in [0, 0.1) is 12.7 Å². The minimum atomic E-state index is -0.309. The highest BCUT2D eigenvalue weighted by atomic mass is 32.2. The molecule has 0 aliphatic heterocycles. The quantitative estimate of drug-likeness (QED) is 0.381. The van der Waals surface area contributed by atoms with Gasteiger partial charge < -0.3 is 13.7 Å². The molecule has 0 N–H and O–H groups in total. The van der Waals surface area contributed by atoms with Gasteiger partial charge in [0, 0.05) is 5.56 Å². The molecule has 0 aliphatic carbocycles. The van der Waals surface area contributed by atoms with Gasteiger partial charge in [0.2, 0.25) is 17.6 Å². The van der Waals surface area contributed by atoms with Crippen molar-refractivity contribution in [1.82, 2.24) is 20.3 Å². The zero-order valence-electron chi connectivity index (χ0n) is 16.6. The number of hydrogen-bond donors (Lipinski definition) is 0. The van der Waals surface area contributed by atoms with E-state index in [-0.39, 0.29) is 11.1 Å². The molecule has 2 heterocycles. The molecule has 4 rings (SSSR count). The molecular weight excluding hydrogens is 407 g/mol. The second kappa shape index (κ2) is 8.66. The summed E-state index contributed by atoms with van der Waals surface area (Å²) in [6, 6.07) is 12.5. The number of methoxy groups -OCH3 is 1. The molecule has 0 fully saturated rings. The van der Waals surface area contributed by atoms with E-state index in [4.69, 9.17) is 13.7 Å². The van der Waals surface area contributed by atoms with E-state index >= 15 is 0 Å². The Kier molecular flexibility index (Phi) is 5.80. The Balaban J connectivity index is 1.41. The van der Waals surface area contributed by atoms with Gasteiger partial charge in [-0.15, -0.1) is 10.2 Å². The number of aryl methyl sites for hydroxylation is 1. The number of hydrogen-bond acceptors (Lipinski definition) is 8. The van der Waals surface area contributed by atoms with Crippen LogP contribution in [-0.4, -0.2) is 27.4 Å². The van der Waals surface area contributed by atoms with E-state index < -0.39 is 0 Å². The van der Waals surface area contributed by atoms with Gasteiger partial charge >= 0.3 is 0 Å². The molecule has 0 bridgehead atoms. The Morgan fingerprint density at radius 2 is 1.93 bits per heavy atom. The third kappa shape index (κ3) is 4.51. The molecule has 0 spiro atoms. The number of aromatic nitrogens is 4. The maximum Gasteiger partial charge on any atom is 0.277 e. The van der Waals surface area contributed by atoms with Crippen molar-refractivity contribution < 1.29 is 18.1 Å². The van der Waals surface area contributed by atoms with E-state index in [1.165, 1.54) is 17.8 Å². The third-order valence-corrected chi connectivity index (χ3v) is 5.38. The molecule has 0 amide bonds. The number of thioether (sulfide) groups is 1. The summed E-state index contributed by atoms with van der Waals surface area (Å²) in [5.41, 5.74) is 2.16. The van der Waals surface area contributed by atoms with Gasteiger partial charge in [0.25, 0.3) is 5.22 Å². The Bertz CT molecular complexity index is 1140. The van der Waals surface area contributed by atoms with E-state index in [9.17, 15) is 4.39 Å². The van der Waals surface area contributed by atoms with Gasteiger partial charge in [0.05, 0.1) is 18.8 Å². The Morgan fingerprint density at radius 1 is 1.13 bits per heavy atom. The minimum Gasteiger partial charge on any atom is -0.497 e. The lowest BCUT2D eigenvalue weighted by molar-refractivity contribution is 0.378. The number of ether oxygens (including phenoxy) is 1. The van der Waals surface area contributed by atoms with Crippen molar-refractivity contribution in [3.63, 3.8) is 0 Å². The van der Waals surface area contributed by atoms with Crippen LogP contribution in [0.4, 0.5) is 4.39 Å². The zero-order valence-corrected chi connectivity index (χ0v) is 17.4. The first-order valence-corrected chi connectivity index (χ1v) is 10.1. The predicted molar refractivity (Wildman–Crippen MR) is 109 cm³/mol. The summed E-state index contributed by atoms with van der Waals surface area (Å²) in [5.74, 6) is 1.72. The van der Waals surface area contributed by atoms with Crippen LogP contribution >= 0.6 is 11.8 Å². The van der Waals surface area contributed by atoms with Crippen LogP contribution in [0.3, 0.4) is 0 Å². The molecule has 30 heavy (non-hydrogen) atoms. The minimum absolute atomic E-state index is 0.212. The normalized spacial score (nSPS) is 12.1. The summed E-state index contributed by atoms with van der Waals surface area (Å²) in [5, 5.41) is 12.3. The highest BCUT2D eigenvalue weighted by Gasteiger charge is 2.20. The lowest BCUT2D eigenvalue weighted by atomic mass is 10.1. The molecule has 154 valence electrons. The monoisotopic (exact) mass is 426 g/mol. The Morgan fingerprint density at radius 3 is 2.67 bits per heavy atom. The Hall–Kier alpha value is -3.20. The van der Waals surface area contributed by atoms with Crippen molar-refractivity contribution in [2.75, 3.05) is 7.11 Å². The van der Waals surface area contributed by atoms with Gasteiger partial charge in [-0.3, -0.25) is 0 Å². The van der Waals surface area contributed by atoms with Crippen molar-refractivity contribution >= 4 is 11.8 Å². The molecule has 1 unspecified atom stereocenters. The molecule has 0 radical (unpaired) electrons. The first kappa shape index (κ1) is 20.1. The fourth-order valence-corrected chi connectivity index (χ4v) is 3.46. The largest absolute Gasteiger partial charge is 0.497 e. The van der Waals surface area contributed by atoms with Crippen LogP contribution < -0.4 is 4.74 Å². The first-order chi connectivity index (χ1) is 14.5. The first-order valence-electron chi connectivity index (χ1n) is 9.24. The van der Waals surface area contributed by atoms with Crippen molar-refractivity contribution in [3.8, 4) is 17.1 Å². The average Bonchev–Trinajstić information content (AvgIpc) is 3.40. The predicted octanol–water partition coefficient (Wildman–Crippen LogP) is 5.02. The molecular formula is C21H19FN4O3S. The Labute approximate surface area is 176 Å². The molecule has 1 atom stereocenters. The number of benzene rings is 2. The topological polar surface area (TPSA) is 87.1 Å². The highest BCUT2D eigenvalue weighted by molar-refractivity contribution is 7.99. The smallest absolute Gasteiger partial charge is 0.277 e. The summed E-state index contributed by atoms with van der Waals surface area (Å²) in [6.07, 6.45) is 0.523. The maximum atomic E-state index is 13.8. The van der Waals surface area contributed by atoms with Crippen LogP contribution in [-0.2, 0) is 6.42 Å². The van der Waals surface area contributed by atoms with Crippen molar-refractivity contribution in [3.05, 3.63) is 71.2 Å². The van der Waals surface area contributed by atoms with Crippen LogP contribution in [0.15, 0.2) is 56.6 Å². The highest BCUT2D eigenvalue weighted by Crippen LogP contribution is 2.34. The zero-order chi connectivity index (χ0) is 21.1. The molecule has 0 aliphatic rings. The van der Waals surface area contributed by atoms with Crippen LogP contribution in [0.5, 0.6) is 5.75 Å². The summed E-state index contributed by atoms with van der Waals surface area (Å²) < 4.78 is 30.0. The molecule has 0 saturated heterocycles. The van der Waals surface area contributed by atoms with Gasteiger partial charge in [0.1, 0.15) is 11.6 Å². The second-order valence-electron chi connectivity index (χ2n) is 6.67. The van der Waals surface area contributed by atoms with Gasteiger partial charge in [0.15, 0.2) is 0 Å². The molecule has 0 saturated carbocycles. The SMILES string of the molecule is COc1ccc(Cc2nnc(SC(C)c3nc(-c4ccc(C)c(F)c4)no3)o2)cc1. The lowest BCUT2D eigenvalue weighted by Crippen LogP contribution is -1.90. The van der Waals surface area contributed by atoms with Crippen LogP contribution in [0.25, 0.3) is 11.4 Å². The van der Waals surface area contributed by atoms with E-state index in [1.807, 2.05) is 31.2 Å². The number of nitrogens with zero attached hydrogens (tertiary/aromatic N) is 4. The molecule has 4 aromatic rings. The molecule has 9 heteroatoms. The van der Waals surface area contributed by atoms with E-state index in [2.05, 4.69) is 20.3 Å². The van der Waals surface area contributed by atoms with Crippen molar-refractivity contribution in [1.29, 1.82) is 0 Å². The van der Waals surface area contributed by atoms with Crippen molar-refractivity contribution in [2.24, 2.45) is 0 Å². The summed E-state index contributed by atoms with van der Waals surface area (Å²) in [6.45, 7) is 3.60. The van der Waals surface area contributed by atoms with Gasteiger partial charge in [-0.1, -0.05) is 41.2 Å². The fourth-order valence-electron chi connectivity index (χ4n) is 2.73. The van der Waals surface area contributed by atoms with E-state index in [0.717, 1.165) is 11.3 Å². The van der Waals surface area contributed by atoms with Gasteiger partial charge in [-0.25, -0.2) is 4.39 Å². The third-order valence-electron chi connectivity index (χ3n) is 4.46. The summed E-state index contributed by atoms with van der Waals surface area (Å²) in [4.78, 5) is 4.37. The molecule has 2 aromatic carbocycles. The average molecular weight is 426 g/mol. The maximum absolute atomic E-state index is 13.8.